The fourth-order valence-corrected chi connectivity index (χ4v) is 4.00. The van der Waals surface area contributed by atoms with Gasteiger partial charge in [0.25, 0.3) is 5.91 Å². The van der Waals surface area contributed by atoms with Crippen molar-refractivity contribution in [2.45, 2.75) is 6.04 Å². The summed E-state index contributed by atoms with van der Waals surface area (Å²) < 4.78 is 1.80. The lowest BCUT2D eigenvalue weighted by atomic mass is 10.1. The lowest BCUT2D eigenvalue weighted by Crippen LogP contribution is -2.34. The van der Waals surface area contributed by atoms with E-state index in [2.05, 4.69) is 32.4 Å². The molecule has 0 saturated heterocycles. The van der Waals surface area contributed by atoms with Gasteiger partial charge in [-0.15, -0.1) is 11.3 Å². The first-order valence-electron chi connectivity index (χ1n) is 9.67. The van der Waals surface area contributed by atoms with E-state index in [1.165, 1.54) is 11.3 Å². The molecule has 4 aromatic rings. The third-order valence-electron chi connectivity index (χ3n) is 4.85. The van der Waals surface area contributed by atoms with Crippen molar-refractivity contribution in [2.24, 2.45) is 0 Å². The highest BCUT2D eigenvalue weighted by atomic mass is 32.1. The Morgan fingerprint density at radius 1 is 1.10 bits per heavy atom. The number of nitrogens with one attached hydrogen (secondary N) is 1. The Bertz CT molecular complexity index is 1100. The summed E-state index contributed by atoms with van der Waals surface area (Å²) in [6.07, 6.45) is 3.69. The van der Waals surface area contributed by atoms with Gasteiger partial charge in [0.05, 0.1) is 17.9 Å². The highest BCUT2D eigenvalue weighted by Crippen LogP contribution is 2.24. The first-order chi connectivity index (χ1) is 14.6. The molecule has 2 heterocycles. The SMILES string of the molecule is CN(C)C(CNC(=O)c1csc(-c2cnn(-c3ccccc3)c2)n1)c1ccccc1. The van der Waals surface area contributed by atoms with Crippen LogP contribution in [-0.2, 0) is 0 Å². The van der Waals surface area contributed by atoms with E-state index < -0.39 is 0 Å². The third kappa shape index (κ3) is 4.48. The Balaban J connectivity index is 1.44. The molecular formula is C23H23N5OS. The number of para-hydroxylation sites is 1. The van der Waals surface area contributed by atoms with Gasteiger partial charge in [0, 0.05) is 23.7 Å². The third-order valence-corrected chi connectivity index (χ3v) is 5.74. The number of hydrogen-bond acceptors (Lipinski definition) is 5. The Labute approximate surface area is 179 Å². The van der Waals surface area contributed by atoms with E-state index in [1.54, 1.807) is 16.3 Å². The summed E-state index contributed by atoms with van der Waals surface area (Å²) in [4.78, 5) is 19.3. The summed E-state index contributed by atoms with van der Waals surface area (Å²) in [5.41, 5.74) is 3.45. The molecule has 0 saturated carbocycles. The highest BCUT2D eigenvalue weighted by Gasteiger charge is 2.18. The fourth-order valence-electron chi connectivity index (χ4n) is 3.22. The number of benzene rings is 2. The van der Waals surface area contributed by atoms with E-state index in [0.29, 0.717) is 12.2 Å². The molecule has 2 aromatic carbocycles. The molecule has 0 spiro atoms. The first-order valence-corrected chi connectivity index (χ1v) is 10.6. The lowest BCUT2D eigenvalue weighted by Gasteiger charge is -2.24. The van der Waals surface area contributed by atoms with E-state index in [9.17, 15) is 4.79 Å². The Kier molecular flexibility index (Phi) is 6.02. The zero-order valence-electron chi connectivity index (χ0n) is 16.9. The highest BCUT2D eigenvalue weighted by molar-refractivity contribution is 7.13. The molecule has 1 atom stereocenters. The van der Waals surface area contributed by atoms with Crippen LogP contribution >= 0.6 is 11.3 Å². The van der Waals surface area contributed by atoms with Crippen LogP contribution in [0.4, 0.5) is 0 Å². The van der Waals surface area contributed by atoms with Crippen molar-refractivity contribution in [3.63, 3.8) is 0 Å². The number of hydrogen-bond donors (Lipinski definition) is 1. The minimum absolute atomic E-state index is 0.0948. The molecule has 0 fully saturated rings. The number of rotatable bonds is 7. The van der Waals surface area contributed by atoms with Crippen molar-refractivity contribution >= 4 is 17.2 Å². The molecule has 0 bridgehead atoms. The second kappa shape index (κ2) is 9.02. The molecule has 6 nitrogen and oxygen atoms in total. The number of nitrogens with zero attached hydrogens (tertiary/aromatic N) is 4. The zero-order chi connectivity index (χ0) is 20.9. The van der Waals surface area contributed by atoms with Gasteiger partial charge in [-0.2, -0.15) is 5.10 Å². The maximum absolute atomic E-state index is 12.7. The molecule has 1 N–H and O–H groups in total. The second-order valence-corrected chi connectivity index (χ2v) is 8.01. The topological polar surface area (TPSA) is 63.1 Å². The van der Waals surface area contributed by atoms with Gasteiger partial charge in [0.1, 0.15) is 10.7 Å². The van der Waals surface area contributed by atoms with Gasteiger partial charge >= 0.3 is 0 Å². The Morgan fingerprint density at radius 3 is 2.50 bits per heavy atom. The smallest absolute Gasteiger partial charge is 0.270 e. The fraction of sp³-hybridized carbons (Fsp3) is 0.174. The van der Waals surface area contributed by atoms with Crippen LogP contribution in [0.15, 0.2) is 78.4 Å². The number of carbonyl (C=O) groups excluding carboxylic acids is 1. The van der Waals surface area contributed by atoms with Crippen LogP contribution in [0.25, 0.3) is 16.3 Å². The molecular weight excluding hydrogens is 394 g/mol. The minimum atomic E-state index is -0.171. The van der Waals surface area contributed by atoms with E-state index in [0.717, 1.165) is 21.8 Å². The first kappa shape index (κ1) is 20.0. The average Bonchev–Trinajstić information content (AvgIpc) is 3.45. The van der Waals surface area contributed by atoms with Gasteiger partial charge in [-0.05, 0) is 31.8 Å². The number of aromatic nitrogens is 3. The van der Waals surface area contributed by atoms with Crippen LogP contribution in [0, 0.1) is 0 Å². The van der Waals surface area contributed by atoms with Crippen LogP contribution in [0.2, 0.25) is 0 Å². The lowest BCUT2D eigenvalue weighted by molar-refractivity contribution is 0.0937. The molecule has 2 aromatic heterocycles. The predicted molar refractivity (Wildman–Crippen MR) is 120 cm³/mol. The molecule has 4 rings (SSSR count). The summed E-state index contributed by atoms with van der Waals surface area (Å²) in [7, 11) is 4.02. The van der Waals surface area contributed by atoms with Crippen LogP contribution in [-0.4, -0.2) is 46.2 Å². The van der Waals surface area contributed by atoms with E-state index >= 15 is 0 Å². The molecule has 7 heteroatoms. The van der Waals surface area contributed by atoms with Gasteiger partial charge in [-0.1, -0.05) is 48.5 Å². The standard InChI is InChI=1S/C23H23N5OS/c1-27(2)21(17-9-5-3-6-10-17)14-24-22(29)20-16-30-23(26-20)18-13-25-28(15-18)19-11-7-4-8-12-19/h3-13,15-16,21H,14H2,1-2H3,(H,24,29). The quantitative estimate of drug-likeness (QED) is 0.493. The van der Waals surface area contributed by atoms with Crippen LogP contribution in [0.3, 0.4) is 0 Å². The van der Waals surface area contributed by atoms with Crippen molar-refractivity contribution in [3.8, 4) is 16.3 Å². The number of carbonyl (C=O) groups is 1. The Morgan fingerprint density at radius 2 is 1.80 bits per heavy atom. The normalized spacial score (nSPS) is 12.1. The maximum atomic E-state index is 12.7. The molecule has 30 heavy (non-hydrogen) atoms. The van der Waals surface area contributed by atoms with E-state index in [-0.39, 0.29) is 11.9 Å². The minimum Gasteiger partial charge on any atom is -0.349 e. The van der Waals surface area contributed by atoms with Crippen molar-refractivity contribution in [1.29, 1.82) is 0 Å². The number of amides is 1. The van der Waals surface area contributed by atoms with Gasteiger partial charge in [-0.25, -0.2) is 9.67 Å². The van der Waals surface area contributed by atoms with Crippen molar-refractivity contribution in [2.75, 3.05) is 20.6 Å². The van der Waals surface area contributed by atoms with Gasteiger partial charge in [-0.3, -0.25) is 4.79 Å². The monoisotopic (exact) mass is 417 g/mol. The molecule has 0 aliphatic carbocycles. The zero-order valence-corrected chi connectivity index (χ0v) is 17.7. The largest absolute Gasteiger partial charge is 0.349 e. The summed E-state index contributed by atoms with van der Waals surface area (Å²) in [6, 6.07) is 20.1. The van der Waals surface area contributed by atoms with E-state index in [4.69, 9.17) is 0 Å². The van der Waals surface area contributed by atoms with Crippen molar-refractivity contribution < 1.29 is 4.79 Å². The predicted octanol–water partition coefficient (Wildman–Crippen LogP) is 4.03. The summed E-state index contributed by atoms with van der Waals surface area (Å²) >= 11 is 1.44. The van der Waals surface area contributed by atoms with Gasteiger partial charge in [0.2, 0.25) is 0 Å². The maximum Gasteiger partial charge on any atom is 0.270 e. The average molecular weight is 418 g/mol. The molecule has 152 valence electrons. The van der Waals surface area contributed by atoms with Crippen LogP contribution in [0.1, 0.15) is 22.1 Å². The molecule has 1 amide bonds. The van der Waals surface area contributed by atoms with E-state index in [1.807, 2.05) is 68.8 Å². The summed E-state index contributed by atoms with van der Waals surface area (Å²) in [5, 5.41) is 9.99. The van der Waals surface area contributed by atoms with Gasteiger partial charge in [0.15, 0.2) is 0 Å². The molecule has 0 aliphatic heterocycles. The van der Waals surface area contributed by atoms with Gasteiger partial charge < -0.3 is 10.2 Å². The number of thiazole rings is 1. The van der Waals surface area contributed by atoms with Crippen molar-refractivity contribution in [3.05, 3.63) is 89.7 Å². The molecule has 1 unspecified atom stereocenters. The van der Waals surface area contributed by atoms with Crippen LogP contribution in [0.5, 0.6) is 0 Å². The molecule has 0 aliphatic rings. The summed E-state index contributed by atoms with van der Waals surface area (Å²) in [6.45, 7) is 0.509. The molecule has 0 radical (unpaired) electrons. The Hall–Kier alpha value is -3.29. The van der Waals surface area contributed by atoms with Crippen molar-refractivity contribution in [1.82, 2.24) is 25.0 Å². The number of likely N-dealkylation sites (N-methyl/N-ethyl adjacent to an activating group) is 1. The van der Waals surface area contributed by atoms with Crippen LogP contribution < -0.4 is 5.32 Å². The summed E-state index contributed by atoms with van der Waals surface area (Å²) in [5.74, 6) is -0.171. The second-order valence-electron chi connectivity index (χ2n) is 7.15.